The maximum atomic E-state index is 12.0. The van der Waals surface area contributed by atoms with E-state index < -0.39 is 5.51 Å². The Hall–Kier alpha value is -0.920. The van der Waals surface area contributed by atoms with Gasteiger partial charge < -0.3 is 5.73 Å². The van der Waals surface area contributed by atoms with Crippen molar-refractivity contribution in [2.24, 2.45) is 0 Å². The predicted octanol–water partition coefficient (Wildman–Crippen LogP) is 2.41. The van der Waals surface area contributed by atoms with Gasteiger partial charge >= 0.3 is 5.51 Å². The maximum Gasteiger partial charge on any atom is 0.441 e. The van der Waals surface area contributed by atoms with Gasteiger partial charge in [0.15, 0.2) is 5.82 Å². The molecule has 0 bridgehead atoms. The van der Waals surface area contributed by atoms with E-state index in [1.54, 1.807) is 0 Å². The van der Waals surface area contributed by atoms with E-state index in [4.69, 9.17) is 5.73 Å². The van der Waals surface area contributed by atoms with Crippen molar-refractivity contribution in [3.8, 4) is 0 Å². The first-order valence-electron chi connectivity index (χ1n) is 5.01. The topological polar surface area (TPSA) is 56.7 Å². The number of anilines is 1. The first-order chi connectivity index (χ1) is 7.61. The molecule has 1 heterocycles. The summed E-state index contributed by atoms with van der Waals surface area (Å²) in [5.74, 6) is 0.171. The Bertz CT molecular complexity index is 381. The SMILES string of the molecule is CC(C)(C)c1c(N)nnn1CCSC(F)(F)F. The zero-order valence-electron chi connectivity index (χ0n) is 9.88. The molecule has 0 aliphatic carbocycles. The molecule has 0 aliphatic heterocycles. The highest BCUT2D eigenvalue weighted by atomic mass is 32.2. The maximum absolute atomic E-state index is 12.0. The van der Waals surface area contributed by atoms with Gasteiger partial charge in [0.25, 0.3) is 0 Å². The Labute approximate surface area is 102 Å². The molecule has 1 aromatic rings. The number of aromatic nitrogens is 3. The molecular weight excluding hydrogens is 253 g/mol. The fourth-order valence-corrected chi connectivity index (χ4v) is 2.00. The summed E-state index contributed by atoms with van der Waals surface area (Å²) in [6, 6.07) is 0. The minimum atomic E-state index is -4.21. The molecule has 2 N–H and O–H groups in total. The third-order valence-electron chi connectivity index (χ3n) is 2.04. The molecule has 98 valence electrons. The molecule has 0 radical (unpaired) electrons. The average Bonchev–Trinajstić information content (AvgIpc) is 2.43. The van der Waals surface area contributed by atoms with Crippen LogP contribution in [0.1, 0.15) is 26.5 Å². The summed E-state index contributed by atoms with van der Waals surface area (Å²) in [5, 5.41) is 7.46. The Morgan fingerprint density at radius 2 is 1.88 bits per heavy atom. The highest BCUT2D eigenvalue weighted by Crippen LogP contribution is 2.31. The lowest BCUT2D eigenvalue weighted by molar-refractivity contribution is -0.0328. The molecule has 0 atom stereocenters. The number of nitrogen functional groups attached to an aromatic ring is 1. The minimum absolute atomic E-state index is 0.0724. The minimum Gasteiger partial charge on any atom is -0.381 e. The van der Waals surface area contributed by atoms with Gasteiger partial charge in [-0.3, -0.25) is 0 Å². The van der Waals surface area contributed by atoms with E-state index in [-0.39, 0.29) is 35.3 Å². The molecule has 8 heteroatoms. The van der Waals surface area contributed by atoms with Gasteiger partial charge in [-0.2, -0.15) is 13.2 Å². The number of rotatable bonds is 3. The first kappa shape index (κ1) is 14.1. The smallest absolute Gasteiger partial charge is 0.381 e. The fourth-order valence-electron chi connectivity index (χ4n) is 1.50. The summed E-state index contributed by atoms with van der Waals surface area (Å²) in [5.41, 5.74) is 1.82. The van der Waals surface area contributed by atoms with Crippen molar-refractivity contribution in [2.45, 2.75) is 38.2 Å². The molecule has 4 nitrogen and oxygen atoms in total. The standard InChI is InChI=1S/C9H15F3N4S/c1-8(2,3)6-7(13)14-15-16(6)4-5-17-9(10,11)12/h4-5,13H2,1-3H3. The van der Waals surface area contributed by atoms with Crippen LogP contribution < -0.4 is 5.73 Å². The zero-order valence-corrected chi connectivity index (χ0v) is 10.7. The number of hydrogen-bond donors (Lipinski definition) is 1. The van der Waals surface area contributed by atoms with Gasteiger partial charge in [-0.25, -0.2) is 4.68 Å². The molecule has 1 rings (SSSR count). The summed E-state index contributed by atoms with van der Waals surface area (Å²) in [6.45, 7) is 5.88. The molecular formula is C9H15F3N4S. The lowest BCUT2D eigenvalue weighted by Crippen LogP contribution is -2.21. The fraction of sp³-hybridized carbons (Fsp3) is 0.778. The van der Waals surface area contributed by atoms with Gasteiger partial charge in [-0.05, 0) is 11.8 Å². The van der Waals surface area contributed by atoms with Crippen molar-refractivity contribution < 1.29 is 13.2 Å². The van der Waals surface area contributed by atoms with Crippen LogP contribution in [0.4, 0.5) is 19.0 Å². The lowest BCUT2D eigenvalue weighted by atomic mass is 9.92. The van der Waals surface area contributed by atoms with Gasteiger partial charge in [-0.1, -0.05) is 26.0 Å². The summed E-state index contributed by atoms with van der Waals surface area (Å²) in [7, 11) is 0. The van der Waals surface area contributed by atoms with Crippen molar-refractivity contribution in [1.82, 2.24) is 15.0 Å². The third kappa shape index (κ3) is 4.10. The predicted molar refractivity (Wildman–Crippen MR) is 61.6 cm³/mol. The quantitative estimate of drug-likeness (QED) is 0.914. The van der Waals surface area contributed by atoms with Crippen molar-refractivity contribution in [2.75, 3.05) is 11.5 Å². The number of aryl methyl sites for hydroxylation is 1. The second kappa shape index (κ2) is 4.75. The number of nitrogens with two attached hydrogens (primary N) is 1. The van der Waals surface area contributed by atoms with Gasteiger partial charge in [0.05, 0.1) is 12.2 Å². The van der Waals surface area contributed by atoms with Gasteiger partial charge in [0.1, 0.15) is 0 Å². The first-order valence-corrected chi connectivity index (χ1v) is 6.00. The van der Waals surface area contributed by atoms with Gasteiger partial charge in [-0.15, -0.1) is 5.10 Å². The van der Waals surface area contributed by atoms with Crippen LogP contribution in [0.2, 0.25) is 0 Å². The molecule has 0 unspecified atom stereocenters. The highest BCUT2D eigenvalue weighted by molar-refractivity contribution is 8.00. The van der Waals surface area contributed by atoms with E-state index >= 15 is 0 Å². The largest absolute Gasteiger partial charge is 0.441 e. The number of thioether (sulfide) groups is 1. The summed E-state index contributed by atoms with van der Waals surface area (Å²) >= 11 is -0.0724. The number of halogens is 3. The van der Waals surface area contributed by atoms with Crippen molar-refractivity contribution >= 4 is 17.6 Å². The third-order valence-corrected chi connectivity index (χ3v) is 2.75. The molecule has 0 saturated heterocycles. The van der Waals surface area contributed by atoms with Gasteiger partial charge in [0.2, 0.25) is 0 Å². The van der Waals surface area contributed by atoms with Crippen molar-refractivity contribution in [1.29, 1.82) is 0 Å². The van der Waals surface area contributed by atoms with E-state index in [2.05, 4.69) is 10.3 Å². The molecule has 0 spiro atoms. The normalized spacial score (nSPS) is 13.1. The van der Waals surface area contributed by atoms with E-state index in [1.807, 2.05) is 20.8 Å². The molecule has 1 aromatic heterocycles. The Kier molecular flexibility index (Phi) is 3.95. The average molecular weight is 268 g/mol. The van der Waals surface area contributed by atoms with E-state index in [0.717, 1.165) is 0 Å². The zero-order chi connectivity index (χ0) is 13.3. The second-order valence-corrected chi connectivity index (χ2v) is 5.75. The van der Waals surface area contributed by atoms with Crippen LogP contribution in [-0.4, -0.2) is 26.3 Å². The van der Waals surface area contributed by atoms with Crippen LogP contribution in [0, 0.1) is 0 Å². The number of alkyl halides is 3. The van der Waals surface area contributed by atoms with E-state index in [9.17, 15) is 13.2 Å². The summed E-state index contributed by atoms with van der Waals surface area (Å²) in [6.07, 6.45) is 0. The van der Waals surface area contributed by atoms with Gasteiger partial charge in [0, 0.05) is 11.2 Å². The molecule has 0 fully saturated rings. The monoisotopic (exact) mass is 268 g/mol. The van der Waals surface area contributed by atoms with E-state index in [1.165, 1.54) is 4.68 Å². The number of nitrogens with zero attached hydrogens (tertiary/aromatic N) is 3. The lowest BCUT2D eigenvalue weighted by Gasteiger charge is -2.20. The Morgan fingerprint density at radius 1 is 1.29 bits per heavy atom. The van der Waals surface area contributed by atoms with Crippen LogP contribution in [-0.2, 0) is 12.0 Å². The van der Waals surface area contributed by atoms with Crippen LogP contribution >= 0.6 is 11.8 Å². The Balaban J connectivity index is 2.73. The molecule has 0 aromatic carbocycles. The van der Waals surface area contributed by atoms with Crippen molar-refractivity contribution in [3.63, 3.8) is 0 Å². The Morgan fingerprint density at radius 3 is 2.35 bits per heavy atom. The van der Waals surface area contributed by atoms with Crippen molar-refractivity contribution in [3.05, 3.63) is 5.69 Å². The second-order valence-electron chi connectivity index (χ2n) is 4.59. The summed E-state index contributed by atoms with van der Waals surface area (Å²) < 4.78 is 37.4. The molecule has 0 aliphatic rings. The van der Waals surface area contributed by atoms with Crippen LogP contribution in [0.3, 0.4) is 0 Å². The van der Waals surface area contributed by atoms with Crippen LogP contribution in [0.15, 0.2) is 0 Å². The highest BCUT2D eigenvalue weighted by Gasteiger charge is 2.29. The van der Waals surface area contributed by atoms with Crippen LogP contribution in [0.5, 0.6) is 0 Å². The van der Waals surface area contributed by atoms with Crippen LogP contribution in [0.25, 0.3) is 0 Å². The van der Waals surface area contributed by atoms with E-state index in [0.29, 0.717) is 5.69 Å². The molecule has 17 heavy (non-hydrogen) atoms. The molecule has 0 saturated carbocycles. The summed E-state index contributed by atoms with van der Waals surface area (Å²) in [4.78, 5) is 0. The molecule has 0 amide bonds. The number of hydrogen-bond acceptors (Lipinski definition) is 4.